The first-order chi connectivity index (χ1) is 8.08. The summed E-state index contributed by atoms with van der Waals surface area (Å²) in [6.45, 7) is 11.2. The van der Waals surface area contributed by atoms with E-state index >= 15 is 0 Å². The van der Waals surface area contributed by atoms with Crippen molar-refractivity contribution in [1.29, 1.82) is 0 Å². The Morgan fingerprint density at radius 3 is 2.82 bits per heavy atom. The molecule has 1 saturated heterocycles. The van der Waals surface area contributed by atoms with E-state index in [4.69, 9.17) is 0 Å². The number of piperazine rings is 1. The molecular weight excluding hydrogens is 323 g/mol. The molecule has 94 valence electrons. The summed E-state index contributed by atoms with van der Waals surface area (Å²) >= 11 is 2.42. The molecule has 1 N–H and O–H groups in total. The van der Waals surface area contributed by atoms with Crippen molar-refractivity contribution < 1.29 is 0 Å². The van der Waals surface area contributed by atoms with Crippen LogP contribution in [-0.4, -0.2) is 30.6 Å². The summed E-state index contributed by atoms with van der Waals surface area (Å²) < 4.78 is 1.37. The first-order valence-electron chi connectivity index (χ1n) is 6.28. The number of nitrogens with one attached hydrogen (secondary N) is 1. The summed E-state index contributed by atoms with van der Waals surface area (Å²) in [5, 5.41) is 3.44. The molecule has 1 aliphatic rings. The van der Waals surface area contributed by atoms with Gasteiger partial charge in [-0.15, -0.1) is 0 Å². The molecule has 0 amide bonds. The number of benzene rings is 1. The molecule has 0 aliphatic carbocycles. The van der Waals surface area contributed by atoms with Crippen molar-refractivity contribution in [1.82, 2.24) is 10.2 Å². The zero-order chi connectivity index (χ0) is 12.4. The highest BCUT2D eigenvalue weighted by Gasteiger charge is 2.18. The highest BCUT2D eigenvalue weighted by atomic mass is 127. The smallest absolute Gasteiger partial charge is 0.0240 e. The van der Waals surface area contributed by atoms with Gasteiger partial charge in [0.1, 0.15) is 0 Å². The lowest BCUT2D eigenvalue weighted by molar-refractivity contribution is 0.165. The summed E-state index contributed by atoms with van der Waals surface area (Å²) in [4.78, 5) is 2.57. The van der Waals surface area contributed by atoms with Gasteiger partial charge in [-0.25, -0.2) is 0 Å². The second-order valence-corrected chi connectivity index (χ2v) is 6.21. The minimum absolute atomic E-state index is 0.641. The van der Waals surface area contributed by atoms with Crippen LogP contribution in [0.3, 0.4) is 0 Å². The monoisotopic (exact) mass is 344 g/mol. The second kappa shape index (κ2) is 5.67. The van der Waals surface area contributed by atoms with Crippen molar-refractivity contribution in [3.8, 4) is 0 Å². The first kappa shape index (κ1) is 13.3. The molecule has 17 heavy (non-hydrogen) atoms. The molecule has 1 aromatic carbocycles. The average Bonchev–Trinajstić information content (AvgIpc) is 2.29. The van der Waals surface area contributed by atoms with Gasteiger partial charge in [-0.1, -0.05) is 6.07 Å². The minimum atomic E-state index is 0.641. The highest BCUT2D eigenvalue weighted by molar-refractivity contribution is 14.1. The fourth-order valence-electron chi connectivity index (χ4n) is 2.35. The quantitative estimate of drug-likeness (QED) is 0.830. The maximum absolute atomic E-state index is 3.44. The zero-order valence-corrected chi connectivity index (χ0v) is 13.0. The number of aryl methyl sites for hydroxylation is 2. The SMILES string of the molecule is Cc1cc(CN2CCNCC2C)c(C)cc1I. The number of rotatable bonds is 2. The summed E-state index contributed by atoms with van der Waals surface area (Å²) in [6.07, 6.45) is 0. The van der Waals surface area contributed by atoms with Gasteiger partial charge in [0, 0.05) is 35.8 Å². The Balaban J connectivity index is 2.15. The van der Waals surface area contributed by atoms with Crippen LogP contribution in [0.5, 0.6) is 0 Å². The molecule has 2 nitrogen and oxygen atoms in total. The van der Waals surface area contributed by atoms with E-state index in [1.54, 1.807) is 0 Å². The molecule has 1 aliphatic heterocycles. The van der Waals surface area contributed by atoms with Crippen molar-refractivity contribution in [3.63, 3.8) is 0 Å². The van der Waals surface area contributed by atoms with Gasteiger partial charge in [-0.3, -0.25) is 4.90 Å². The maximum atomic E-state index is 3.44. The van der Waals surface area contributed by atoms with E-state index in [0.29, 0.717) is 6.04 Å². The molecule has 1 fully saturated rings. The summed E-state index contributed by atoms with van der Waals surface area (Å²) in [5.74, 6) is 0. The van der Waals surface area contributed by atoms with Crippen molar-refractivity contribution >= 4 is 22.6 Å². The lowest BCUT2D eigenvalue weighted by atomic mass is 10.0. The third kappa shape index (κ3) is 3.20. The molecule has 0 spiro atoms. The van der Waals surface area contributed by atoms with E-state index in [9.17, 15) is 0 Å². The molecule has 0 saturated carbocycles. The maximum Gasteiger partial charge on any atom is 0.0240 e. The third-order valence-electron chi connectivity index (χ3n) is 3.63. The Bertz CT molecular complexity index is 403. The normalized spacial score (nSPS) is 21.8. The lowest BCUT2D eigenvalue weighted by Gasteiger charge is -2.34. The van der Waals surface area contributed by atoms with Gasteiger partial charge in [0.05, 0.1) is 0 Å². The van der Waals surface area contributed by atoms with E-state index in [1.807, 2.05) is 0 Å². The molecule has 3 heteroatoms. The van der Waals surface area contributed by atoms with Crippen LogP contribution in [0.1, 0.15) is 23.6 Å². The van der Waals surface area contributed by atoms with Crippen LogP contribution in [0.15, 0.2) is 12.1 Å². The van der Waals surface area contributed by atoms with Crippen LogP contribution < -0.4 is 5.32 Å². The molecule has 0 aromatic heterocycles. The van der Waals surface area contributed by atoms with Crippen molar-refractivity contribution in [2.45, 2.75) is 33.4 Å². The number of nitrogens with zero attached hydrogens (tertiary/aromatic N) is 1. The predicted octanol–water partition coefficient (Wildman–Crippen LogP) is 2.70. The third-order valence-corrected chi connectivity index (χ3v) is 4.79. The Hall–Kier alpha value is -0.130. The Kier molecular flexibility index (Phi) is 4.44. The molecule has 0 bridgehead atoms. The van der Waals surface area contributed by atoms with E-state index in [0.717, 1.165) is 26.2 Å². The zero-order valence-electron chi connectivity index (χ0n) is 10.9. The van der Waals surface area contributed by atoms with E-state index in [-0.39, 0.29) is 0 Å². The van der Waals surface area contributed by atoms with Gasteiger partial charge in [-0.05, 0) is 66.1 Å². The Morgan fingerprint density at radius 2 is 2.12 bits per heavy atom. The van der Waals surface area contributed by atoms with E-state index in [1.165, 1.54) is 20.3 Å². The Labute approximate surface area is 118 Å². The largest absolute Gasteiger partial charge is 0.314 e. The van der Waals surface area contributed by atoms with Gasteiger partial charge in [0.15, 0.2) is 0 Å². The summed E-state index contributed by atoms with van der Waals surface area (Å²) in [6, 6.07) is 5.30. The fraction of sp³-hybridized carbons (Fsp3) is 0.571. The van der Waals surface area contributed by atoms with Gasteiger partial charge in [-0.2, -0.15) is 0 Å². The lowest BCUT2D eigenvalue weighted by Crippen LogP contribution is -2.49. The van der Waals surface area contributed by atoms with Crippen molar-refractivity contribution in [3.05, 3.63) is 32.4 Å². The van der Waals surface area contributed by atoms with Crippen LogP contribution in [0.25, 0.3) is 0 Å². The molecule has 1 unspecified atom stereocenters. The number of halogens is 1. The summed E-state index contributed by atoms with van der Waals surface area (Å²) in [5.41, 5.74) is 4.30. The topological polar surface area (TPSA) is 15.3 Å². The highest BCUT2D eigenvalue weighted by Crippen LogP contribution is 2.20. The molecule has 0 radical (unpaired) electrons. The van der Waals surface area contributed by atoms with Gasteiger partial charge in [0.25, 0.3) is 0 Å². The van der Waals surface area contributed by atoms with Gasteiger partial charge < -0.3 is 5.32 Å². The van der Waals surface area contributed by atoms with Crippen LogP contribution in [0, 0.1) is 17.4 Å². The standard InChI is InChI=1S/C14H21IN2/c1-10-7-14(15)11(2)6-13(10)9-17-5-4-16-8-12(17)3/h6-7,12,16H,4-5,8-9H2,1-3H3. The van der Waals surface area contributed by atoms with Crippen LogP contribution in [-0.2, 0) is 6.54 Å². The van der Waals surface area contributed by atoms with Crippen LogP contribution in [0.4, 0.5) is 0 Å². The Morgan fingerprint density at radius 1 is 1.35 bits per heavy atom. The molecule has 1 aromatic rings. The molecular formula is C14H21IN2. The number of hydrogen-bond donors (Lipinski definition) is 1. The minimum Gasteiger partial charge on any atom is -0.314 e. The van der Waals surface area contributed by atoms with Crippen molar-refractivity contribution in [2.24, 2.45) is 0 Å². The second-order valence-electron chi connectivity index (χ2n) is 5.05. The van der Waals surface area contributed by atoms with Crippen LogP contribution in [0.2, 0.25) is 0 Å². The van der Waals surface area contributed by atoms with Crippen LogP contribution >= 0.6 is 22.6 Å². The first-order valence-corrected chi connectivity index (χ1v) is 7.36. The van der Waals surface area contributed by atoms with E-state index < -0.39 is 0 Å². The molecule has 2 rings (SSSR count). The van der Waals surface area contributed by atoms with Crippen molar-refractivity contribution in [2.75, 3.05) is 19.6 Å². The summed E-state index contributed by atoms with van der Waals surface area (Å²) in [7, 11) is 0. The molecule has 1 atom stereocenters. The van der Waals surface area contributed by atoms with E-state index in [2.05, 4.69) is 65.7 Å². The number of hydrogen-bond acceptors (Lipinski definition) is 2. The average molecular weight is 344 g/mol. The van der Waals surface area contributed by atoms with Gasteiger partial charge >= 0.3 is 0 Å². The fourth-order valence-corrected chi connectivity index (χ4v) is 2.97. The van der Waals surface area contributed by atoms with Gasteiger partial charge in [0.2, 0.25) is 0 Å². The molecule has 1 heterocycles. The predicted molar refractivity (Wildman–Crippen MR) is 81.4 cm³/mol.